The molecule has 0 fully saturated rings. The van der Waals surface area contributed by atoms with Crippen molar-refractivity contribution >= 4 is 19.8 Å². The molecule has 0 saturated heterocycles. The molecular formula is C41H80NO8P. The summed E-state index contributed by atoms with van der Waals surface area (Å²) >= 11 is 0. The van der Waals surface area contributed by atoms with E-state index in [1.54, 1.807) is 0 Å². The summed E-state index contributed by atoms with van der Waals surface area (Å²) < 4.78 is 32.7. The number of carbonyl (C=O) groups is 2. The van der Waals surface area contributed by atoms with E-state index < -0.39 is 26.5 Å². The van der Waals surface area contributed by atoms with Gasteiger partial charge in [-0.25, -0.2) is 4.57 Å². The largest absolute Gasteiger partial charge is 0.472 e. The average molecular weight is 746 g/mol. The maximum Gasteiger partial charge on any atom is 0.472 e. The van der Waals surface area contributed by atoms with Gasteiger partial charge in [-0.3, -0.25) is 18.6 Å². The van der Waals surface area contributed by atoms with Gasteiger partial charge in [-0.1, -0.05) is 167 Å². The number of allylic oxidation sites excluding steroid dienone is 2. The lowest BCUT2D eigenvalue weighted by atomic mass is 10.0. The van der Waals surface area contributed by atoms with E-state index in [2.05, 4.69) is 26.0 Å². The van der Waals surface area contributed by atoms with Crippen LogP contribution in [0.2, 0.25) is 0 Å². The first-order valence-electron chi connectivity index (χ1n) is 21.2. The highest BCUT2D eigenvalue weighted by Crippen LogP contribution is 2.43. The predicted molar refractivity (Wildman–Crippen MR) is 211 cm³/mol. The summed E-state index contributed by atoms with van der Waals surface area (Å²) in [4.78, 5) is 34.8. The van der Waals surface area contributed by atoms with Crippen LogP contribution in [0.4, 0.5) is 0 Å². The van der Waals surface area contributed by atoms with Gasteiger partial charge in [0.15, 0.2) is 6.10 Å². The Bertz CT molecular complexity index is 856. The van der Waals surface area contributed by atoms with Crippen LogP contribution in [0, 0.1) is 0 Å². The van der Waals surface area contributed by atoms with Gasteiger partial charge in [0.05, 0.1) is 13.2 Å². The minimum Gasteiger partial charge on any atom is -0.462 e. The number of phosphoric ester groups is 1. The number of rotatable bonds is 40. The SMILES string of the molecule is CCCCCCCCC/C=C\CCCCCCCC(=O)OC[C@H](COP(=O)(O)OCCN)OC(=O)CCCCCCCCCCCCCCCC. The monoisotopic (exact) mass is 746 g/mol. The molecule has 0 rings (SSSR count). The van der Waals surface area contributed by atoms with Crippen LogP contribution >= 0.6 is 7.82 Å². The molecule has 0 saturated carbocycles. The van der Waals surface area contributed by atoms with Crippen molar-refractivity contribution in [2.75, 3.05) is 26.4 Å². The van der Waals surface area contributed by atoms with Gasteiger partial charge in [-0.2, -0.15) is 0 Å². The summed E-state index contributed by atoms with van der Waals surface area (Å²) in [5.74, 6) is -0.829. The number of ether oxygens (including phenoxy) is 2. The van der Waals surface area contributed by atoms with Crippen molar-refractivity contribution in [3.8, 4) is 0 Å². The predicted octanol–water partition coefficient (Wildman–Crippen LogP) is 11.8. The third-order valence-corrected chi connectivity index (χ3v) is 10.1. The number of carbonyl (C=O) groups excluding carboxylic acids is 2. The van der Waals surface area contributed by atoms with Crippen LogP contribution < -0.4 is 5.73 Å². The molecule has 1 unspecified atom stereocenters. The minimum atomic E-state index is -4.37. The van der Waals surface area contributed by atoms with Crippen LogP contribution in [0.1, 0.15) is 206 Å². The van der Waals surface area contributed by atoms with Crippen molar-refractivity contribution < 1.29 is 37.6 Å². The van der Waals surface area contributed by atoms with Crippen LogP contribution in [0.25, 0.3) is 0 Å². The van der Waals surface area contributed by atoms with Gasteiger partial charge in [0, 0.05) is 19.4 Å². The van der Waals surface area contributed by atoms with Crippen LogP contribution in [0.15, 0.2) is 12.2 Å². The van der Waals surface area contributed by atoms with Gasteiger partial charge in [-0.05, 0) is 38.5 Å². The van der Waals surface area contributed by atoms with Crippen molar-refractivity contribution in [2.24, 2.45) is 5.73 Å². The Morgan fingerprint density at radius 2 is 0.961 bits per heavy atom. The summed E-state index contributed by atoms with van der Waals surface area (Å²) in [6, 6.07) is 0. The van der Waals surface area contributed by atoms with E-state index in [1.807, 2.05) is 0 Å². The number of esters is 2. The maximum atomic E-state index is 12.5. The molecule has 0 amide bonds. The summed E-state index contributed by atoms with van der Waals surface area (Å²) in [6.07, 6.45) is 38.1. The van der Waals surface area contributed by atoms with Crippen LogP contribution in [0.3, 0.4) is 0 Å². The Kier molecular flexibility index (Phi) is 37.5. The molecule has 0 bridgehead atoms. The summed E-state index contributed by atoms with van der Waals surface area (Å²) in [6.45, 7) is 3.74. The Hall–Kier alpha value is -1.25. The molecule has 0 aromatic heterocycles. The van der Waals surface area contributed by atoms with Crippen LogP contribution in [-0.2, 0) is 32.7 Å². The number of hydrogen-bond donors (Lipinski definition) is 2. The number of nitrogens with two attached hydrogens (primary N) is 1. The van der Waals surface area contributed by atoms with Crippen LogP contribution in [0.5, 0.6) is 0 Å². The van der Waals surface area contributed by atoms with Crippen molar-refractivity contribution in [1.29, 1.82) is 0 Å². The van der Waals surface area contributed by atoms with E-state index in [-0.39, 0.29) is 38.6 Å². The zero-order valence-electron chi connectivity index (χ0n) is 33.1. The Morgan fingerprint density at radius 1 is 0.569 bits per heavy atom. The second-order valence-corrected chi connectivity index (χ2v) is 15.7. The van der Waals surface area contributed by atoms with Gasteiger partial charge in [0.2, 0.25) is 0 Å². The normalized spacial score (nSPS) is 13.4. The molecule has 0 heterocycles. The molecule has 0 aromatic carbocycles. The fourth-order valence-electron chi connectivity index (χ4n) is 5.98. The lowest BCUT2D eigenvalue weighted by Gasteiger charge is -2.19. The number of hydrogen-bond acceptors (Lipinski definition) is 8. The van der Waals surface area contributed by atoms with Crippen molar-refractivity contribution in [3.63, 3.8) is 0 Å². The molecule has 0 aliphatic carbocycles. The van der Waals surface area contributed by atoms with Crippen molar-refractivity contribution in [1.82, 2.24) is 0 Å². The zero-order valence-corrected chi connectivity index (χ0v) is 34.0. The van der Waals surface area contributed by atoms with Crippen molar-refractivity contribution in [3.05, 3.63) is 12.2 Å². The second-order valence-electron chi connectivity index (χ2n) is 14.2. The molecule has 10 heteroatoms. The molecule has 0 radical (unpaired) electrons. The maximum absolute atomic E-state index is 12.5. The first-order valence-corrected chi connectivity index (χ1v) is 22.7. The molecule has 0 aliphatic rings. The van der Waals surface area contributed by atoms with E-state index >= 15 is 0 Å². The molecule has 3 N–H and O–H groups in total. The van der Waals surface area contributed by atoms with E-state index in [9.17, 15) is 19.0 Å². The highest BCUT2D eigenvalue weighted by atomic mass is 31.2. The molecule has 0 aromatic rings. The Labute approximate surface area is 313 Å². The first-order chi connectivity index (χ1) is 24.8. The molecule has 302 valence electrons. The average Bonchev–Trinajstić information content (AvgIpc) is 3.11. The number of unbranched alkanes of at least 4 members (excludes halogenated alkanes) is 25. The number of phosphoric acid groups is 1. The highest BCUT2D eigenvalue weighted by Gasteiger charge is 2.26. The van der Waals surface area contributed by atoms with E-state index in [4.69, 9.17) is 24.3 Å². The van der Waals surface area contributed by atoms with E-state index in [0.29, 0.717) is 6.42 Å². The summed E-state index contributed by atoms with van der Waals surface area (Å²) in [7, 11) is -4.37. The van der Waals surface area contributed by atoms with Gasteiger partial charge < -0.3 is 20.1 Å². The molecule has 9 nitrogen and oxygen atoms in total. The lowest BCUT2D eigenvalue weighted by Crippen LogP contribution is -2.29. The fraction of sp³-hybridized carbons (Fsp3) is 0.902. The van der Waals surface area contributed by atoms with Crippen molar-refractivity contribution in [2.45, 2.75) is 213 Å². The molecule has 2 atom stereocenters. The quantitative estimate of drug-likeness (QED) is 0.0272. The Morgan fingerprint density at radius 3 is 1.39 bits per heavy atom. The van der Waals surface area contributed by atoms with Gasteiger partial charge in [-0.15, -0.1) is 0 Å². The standard InChI is InChI=1S/C41H80NO8P/c1-3-5-7-9-11-13-15-17-19-20-22-23-25-27-29-31-33-40(43)47-37-39(38-49-51(45,46)48-36-35-42)50-41(44)34-32-30-28-26-24-21-18-16-14-12-10-8-6-4-2/h19-20,39H,3-18,21-38,42H2,1-2H3,(H,45,46)/b20-19-/t39-/m1/s1. The second kappa shape index (κ2) is 38.5. The highest BCUT2D eigenvalue weighted by molar-refractivity contribution is 7.47. The molecule has 0 spiro atoms. The first kappa shape index (κ1) is 49.8. The summed E-state index contributed by atoms with van der Waals surface area (Å²) in [5, 5.41) is 0. The summed E-state index contributed by atoms with van der Waals surface area (Å²) in [5.41, 5.74) is 5.34. The van der Waals surface area contributed by atoms with E-state index in [1.165, 1.54) is 122 Å². The van der Waals surface area contributed by atoms with E-state index in [0.717, 1.165) is 51.4 Å². The minimum absolute atomic E-state index is 0.0551. The molecule has 0 aliphatic heterocycles. The van der Waals surface area contributed by atoms with Crippen LogP contribution in [-0.4, -0.2) is 49.3 Å². The lowest BCUT2D eigenvalue weighted by molar-refractivity contribution is -0.161. The third kappa shape index (κ3) is 38.3. The zero-order chi connectivity index (χ0) is 37.5. The third-order valence-electron chi connectivity index (χ3n) is 9.15. The fourth-order valence-corrected chi connectivity index (χ4v) is 6.75. The van der Waals surface area contributed by atoms with Gasteiger partial charge in [0.25, 0.3) is 0 Å². The van der Waals surface area contributed by atoms with Gasteiger partial charge in [0.1, 0.15) is 6.61 Å². The van der Waals surface area contributed by atoms with Gasteiger partial charge >= 0.3 is 19.8 Å². The smallest absolute Gasteiger partial charge is 0.462 e. The Balaban J connectivity index is 4.15. The topological polar surface area (TPSA) is 134 Å². The molecule has 51 heavy (non-hydrogen) atoms. The molecular weight excluding hydrogens is 665 g/mol.